The average molecular weight is 197 g/mol. The third-order valence-corrected chi connectivity index (χ3v) is 1.46. The minimum absolute atomic E-state index is 0.120. The van der Waals surface area contributed by atoms with E-state index in [2.05, 4.69) is 10.9 Å². The zero-order chi connectivity index (χ0) is 10.6. The van der Waals surface area contributed by atoms with Crippen LogP contribution in [0.2, 0.25) is 0 Å². The van der Waals surface area contributed by atoms with E-state index in [9.17, 15) is 9.59 Å². The Morgan fingerprint density at radius 1 is 1.50 bits per heavy atom. The second-order valence-corrected chi connectivity index (χ2v) is 2.71. The van der Waals surface area contributed by atoms with Crippen LogP contribution in [0.15, 0.2) is 22.8 Å². The molecule has 0 aliphatic rings. The molecule has 0 radical (unpaired) electrons. The lowest BCUT2D eigenvalue weighted by atomic mass is 10.3. The van der Waals surface area contributed by atoms with Crippen LogP contribution in [0.4, 0.5) is 0 Å². The fourth-order valence-electron chi connectivity index (χ4n) is 0.702. The van der Waals surface area contributed by atoms with Gasteiger partial charge in [0.05, 0.1) is 12.3 Å². The summed E-state index contributed by atoms with van der Waals surface area (Å²) >= 11 is 0. The molecule has 1 aromatic heterocycles. The topological polar surface area (TPSA) is 97.4 Å². The lowest BCUT2D eigenvalue weighted by molar-refractivity contribution is -0.122. The van der Waals surface area contributed by atoms with Gasteiger partial charge in [0.2, 0.25) is 0 Å². The molecule has 14 heavy (non-hydrogen) atoms. The Morgan fingerprint density at radius 3 is 2.71 bits per heavy atom. The SMILES string of the molecule is CC(N)C(=O)NNC(=O)c1ccco1. The molecular weight excluding hydrogens is 186 g/mol. The van der Waals surface area contributed by atoms with Crippen molar-refractivity contribution in [2.75, 3.05) is 0 Å². The standard InChI is InChI=1S/C8H11N3O3/c1-5(9)7(12)10-11-8(13)6-3-2-4-14-6/h2-5H,9H2,1H3,(H,10,12)(H,11,13). The summed E-state index contributed by atoms with van der Waals surface area (Å²) in [4.78, 5) is 22.1. The normalized spacial score (nSPS) is 11.9. The third kappa shape index (κ3) is 2.60. The monoisotopic (exact) mass is 197 g/mol. The van der Waals surface area contributed by atoms with E-state index in [1.165, 1.54) is 19.3 Å². The summed E-state index contributed by atoms with van der Waals surface area (Å²) in [7, 11) is 0. The number of carbonyl (C=O) groups excluding carboxylic acids is 2. The molecule has 0 saturated carbocycles. The van der Waals surface area contributed by atoms with Crippen molar-refractivity contribution < 1.29 is 14.0 Å². The molecule has 1 aromatic rings. The quantitative estimate of drug-likeness (QED) is 0.551. The molecule has 2 amide bonds. The Bertz CT molecular complexity index is 319. The van der Waals surface area contributed by atoms with Crippen LogP contribution >= 0.6 is 0 Å². The lowest BCUT2D eigenvalue weighted by Gasteiger charge is -2.07. The van der Waals surface area contributed by atoms with E-state index in [-0.39, 0.29) is 5.76 Å². The molecule has 1 rings (SSSR count). The molecule has 4 N–H and O–H groups in total. The number of hydrazine groups is 1. The van der Waals surface area contributed by atoms with Crippen molar-refractivity contribution in [1.82, 2.24) is 10.9 Å². The summed E-state index contributed by atoms with van der Waals surface area (Å²) in [5, 5.41) is 0. The van der Waals surface area contributed by atoms with Crippen LogP contribution in [0, 0.1) is 0 Å². The van der Waals surface area contributed by atoms with Gasteiger partial charge in [0.1, 0.15) is 0 Å². The van der Waals surface area contributed by atoms with Crippen molar-refractivity contribution >= 4 is 11.8 Å². The smallest absolute Gasteiger partial charge is 0.305 e. The highest BCUT2D eigenvalue weighted by atomic mass is 16.3. The number of hydrogen-bond donors (Lipinski definition) is 3. The Balaban J connectivity index is 2.40. The van der Waals surface area contributed by atoms with Crippen molar-refractivity contribution in [3.05, 3.63) is 24.2 Å². The molecule has 0 bridgehead atoms. The first-order chi connectivity index (χ1) is 6.61. The summed E-state index contributed by atoms with van der Waals surface area (Å²) in [6.07, 6.45) is 1.36. The molecule has 0 saturated heterocycles. The third-order valence-electron chi connectivity index (χ3n) is 1.46. The van der Waals surface area contributed by atoms with E-state index in [1.54, 1.807) is 6.07 Å². The summed E-state index contributed by atoms with van der Waals surface area (Å²) in [6, 6.07) is 2.38. The van der Waals surface area contributed by atoms with Gasteiger partial charge in [0.15, 0.2) is 5.76 Å². The summed E-state index contributed by atoms with van der Waals surface area (Å²) in [6.45, 7) is 1.51. The Kier molecular flexibility index (Phi) is 3.24. The maximum atomic E-state index is 11.2. The van der Waals surface area contributed by atoms with E-state index >= 15 is 0 Å². The Labute approximate surface area is 80.4 Å². The predicted octanol–water partition coefficient (Wildman–Crippen LogP) is -0.612. The first-order valence-corrected chi connectivity index (χ1v) is 4.00. The number of nitrogens with two attached hydrogens (primary N) is 1. The number of hydrogen-bond acceptors (Lipinski definition) is 4. The zero-order valence-corrected chi connectivity index (χ0v) is 7.61. The number of amides is 2. The van der Waals surface area contributed by atoms with Gasteiger partial charge < -0.3 is 10.2 Å². The Morgan fingerprint density at radius 2 is 2.21 bits per heavy atom. The summed E-state index contributed by atoms with van der Waals surface area (Å²) in [5.74, 6) is -0.871. The highest BCUT2D eigenvalue weighted by Crippen LogP contribution is 1.97. The fourth-order valence-corrected chi connectivity index (χ4v) is 0.702. The average Bonchev–Trinajstić information content (AvgIpc) is 2.66. The molecule has 6 nitrogen and oxygen atoms in total. The maximum absolute atomic E-state index is 11.2. The van der Waals surface area contributed by atoms with Gasteiger partial charge in [0.25, 0.3) is 5.91 Å². The van der Waals surface area contributed by atoms with Crippen LogP contribution in [-0.2, 0) is 4.79 Å². The largest absolute Gasteiger partial charge is 0.459 e. The molecule has 1 heterocycles. The molecule has 0 aliphatic carbocycles. The van der Waals surface area contributed by atoms with Crippen LogP contribution in [0.25, 0.3) is 0 Å². The minimum atomic E-state index is -0.674. The van der Waals surface area contributed by atoms with Crippen molar-refractivity contribution in [2.24, 2.45) is 5.73 Å². The van der Waals surface area contributed by atoms with Gasteiger partial charge in [-0.05, 0) is 19.1 Å². The maximum Gasteiger partial charge on any atom is 0.305 e. The molecule has 0 aromatic carbocycles. The molecule has 1 atom stereocenters. The van der Waals surface area contributed by atoms with E-state index in [0.717, 1.165) is 0 Å². The molecule has 76 valence electrons. The Hall–Kier alpha value is -1.82. The van der Waals surface area contributed by atoms with Crippen LogP contribution in [0.5, 0.6) is 0 Å². The van der Waals surface area contributed by atoms with Crippen LogP contribution in [-0.4, -0.2) is 17.9 Å². The number of rotatable bonds is 2. The molecule has 6 heteroatoms. The van der Waals surface area contributed by atoms with Crippen molar-refractivity contribution in [3.8, 4) is 0 Å². The number of carbonyl (C=O) groups is 2. The molecule has 0 spiro atoms. The van der Waals surface area contributed by atoms with Gasteiger partial charge in [-0.1, -0.05) is 0 Å². The van der Waals surface area contributed by atoms with E-state index in [4.69, 9.17) is 10.2 Å². The highest BCUT2D eigenvalue weighted by molar-refractivity contribution is 5.93. The summed E-state index contributed by atoms with van der Waals surface area (Å²) in [5.41, 5.74) is 9.55. The van der Waals surface area contributed by atoms with Crippen LogP contribution in [0.1, 0.15) is 17.5 Å². The van der Waals surface area contributed by atoms with Gasteiger partial charge in [-0.25, -0.2) is 0 Å². The van der Waals surface area contributed by atoms with Crippen LogP contribution < -0.4 is 16.6 Å². The predicted molar refractivity (Wildman–Crippen MR) is 48.0 cm³/mol. The van der Waals surface area contributed by atoms with Crippen molar-refractivity contribution in [1.29, 1.82) is 0 Å². The number of furan rings is 1. The van der Waals surface area contributed by atoms with E-state index < -0.39 is 17.9 Å². The first-order valence-electron chi connectivity index (χ1n) is 4.00. The van der Waals surface area contributed by atoms with Gasteiger partial charge in [-0.3, -0.25) is 20.4 Å². The lowest BCUT2D eigenvalue weighted by Crippen LogP contribution is -2.48. The summed E-state index contributed by atoms with van der Waals surface area (Å²) < 4.78 is 4.79. The zero-order valence-electron chi connectivity index (χ0n) is 7.61. The molecule has 0 aliphatic heterocycles. The first kappa shape index (κ1) is 10.3. The fraction of sp³-hybridized carbons (Fsp3) is 0.250. The van der Waals surface area contributed by atoms with Gasteiger partial charge >= 0.3 is 5.91 Å². The minimum Gasteiger partial charge on any atom is -0.459 e. The van der Waals surface area contributed by atoms with Crippen molar-refractivity contribution in [3.63, 3.8) is 0 Å². The van der Waals surface area contributed by atoms with Gasteiger partial charge in [-0.2, -0.15) is 0 Å². The van der Waals surface area contributed by atoms with Gasteiger partial charge in [-0.15, -0.1) is 0 Å². The van der Waals surface area contributed by atoms with E-state index in [1.807, 2.05) is 0 Å². The van der Waals surface area contributed by atoms with Gasteiger partial charge in [0, 0.05) is 0 Å². The number of nitrogens with one attached hydrogen (secondary N) is 2. The molecular formula is C8H11N3O3. The molecule has 0 fully saturated rings. The van der Waals surface area contributed by atoms with Crippen LogP contribution in [0.3, 0.4) is 0 Å². The molecule has 1 unspecified atom stereocenters. The highest BCUT2D eigenvalue weighted by Gasteiger charge is 2.11. The van der Waals surface area contributed by atoms with E-state index in [0.29, 0.717) is 0 Å². The second-order valence-electron chi connectivity index (χ2n) is 2.71. The van der Waals surface area contributed by atoms with Crippen molar-refractivity contribution in [2.45, 2.75) is 13.0 Å². The second kappa shape index (κ2) is 4.43.